The Morgan fingerprint density at radius 2 is 2.09 bits per heavy atom. The van der Waals surface area contributed by atoms with E-state index in [1.807, 2.05) is 18.2 Å². The standard InChI is InChI=1S/C8H6NO2/c10-9-6-5-7-3-1-2-4-8(7)11-9/h1-6H/q-1. The molecule has 3 nitrogen and oxygen atoms in total. The Morgan fingerprint density at radius 1 is 1.27 bits per heavy atom. The molecule has 0 aromatic heterocycles. The van der Waals surface area contributed by atoms with Gasteiger partial charge in [0, 0.05) is 11.8 Å². The molecular formula is C8H6NO2-. The maximum atomic E-state index is 10.6. The predicted molar refractivity (Wildman–Crippen MR) is 41.3 cm³/mol. The van der Waals surface area contributed by atoms with E-state index in [1.165, 1.54) is 6.20 Å². The molecule has 11 heavy (non-hydrogen) atoms. The molecule has 3 heteroatoms. The van der Waals surface area contributed by atoms with Gasteiger partial charge in [0.15, 0.2) is 5.75 Å². The molecule has 1 aromatic rings. The summed E-state index contributed by atoms with van der Waals surface area (Å²) in [6, 6.07) is 7.36. The summed E-state index contributed by atoms with van der Waals surface area (Å²) in [5.74, 6) is 0.602. The fourth-order valence-electron chi connectivity index (χ4n) is 0.970. The van der Waals surface area contributed by atoms with Crippen molar-refractivity contribution in [3.8, 4) is 5.75 Å². The average Bonchev–Trinajstić information content (AvgIpc) is 2.04. The molecule has 56 valence electrons. The van der Waals surface area contributed by atoms with Crippen molar-refractivity contribution < 1.29 is 4.84 Å². The van der Waals surface area contributed by atoms with E-state index in [0.717, 1.165) is 5.56 Å². The topological polar surface area (TPSA) is 35.5 Å². The minimum atomic E-state index is 0.433. The first kappa shape index (κ1) is 6.24. The predicted octanol–water partition coefficient (Wildman–Crippen LogP) is 1.76. The second-order valence-corrected chi connectivity index (χ2v) is 2.23. The fraction of sp³-hybridized carbons (Fsp3) is 0. The van der Waals surface area contributed by atoms with E-state index in [9.17, 15) is 5.21 Å². The Balaban J connectivity index is 2.46. The van der Waals surface area contributed by atoms with Gasteiger partial charge in [-0.3, -0.25) is 5.23 Å². The summed E-state index contributed by atoms with van der Waals surface area (Å²) >= 11 is 0. The molecule has 0 aliphatic carbocycles. The number of nitrogens with zero attached hydrogens (tertiary/aromatic N) is 1. The van der Waals surface area contributed by atoms with Crippen LogP contribution in [-0.4, -0.2) is 5.23 Å². The van der Waals surface area contributed by atoms with Gasteiger partial charge < -0.3 is 10.0 Å². The van der Waals surface area contributed by atoms with Crippen LogP contribution in [0.4, 0.5) is 0 Å². The second-order valence-electron chi connectivity index (χ2n) is 2.23. The molecule has 0 radical (unpaired) electrons. The third kappa shape index (κ3) is 1.06. The zero-order chi connectivity index (χ0) is 7.68. The largest absolute Gasteiger partial charge is 0.724 e. The summed E-state index contributed by atoms with van der Waals surface area (Å²) in [6.07, 6.45) is 3.05. The van der Waals surface area contributed by atoms with Gasteiger partial charge >= 0.3 is 0 Å². The molecule has 0 spiro atoms. The summed E-state index contributed by atoms with van der Waals surface area (Å²) in [4.78, 5) is 4.82. The van der Waals surface area contributed by atoms with Crippen molar-refractivity contribution in [1.82, 2.24) is 5.23 Å². The molecule has 2 rings (SSSR count). The van der Waals surface area contributed by atoms with Crippen LogP contribution in [0.1, 0.15) is 5.56 Å². The Labute approximate surface area is 64.0 Å². The van der Waals surface area contributed by atoms with Gasteiger partial charge in [-0.15, -0.1) is 0 Å². The van der Waals surface area contributed by atoms with Gasteiger partial charge in [0.25, 0.3) is 0 Å². The van der Waals surface area contributed by atoms with Crippen molar-refractivity contribution in [2.45, 2.75) is 0 Å². The third-order valence-electron chi connectivity index (χ3n) is 1.48. The first-order valence-corrected chi connectivity index (χ1v) is 3.28. The molecule has 1 aliphatic rings. The van der Waals surface area contributed by atoms with Crippen molar-refractivity contribution in [2.24, 2.45) is 0 Å². The van der Waals surface area contributed by atoms with E-state index in [-0.39, 0.29) is 0 Å². The van der Waals surface area contributed by atoms with Crippen molar-refractivity contribution >= 4 is 6.08 Å². The zero-order valence-electron chi connectivity index (χ0n) is 5.73. The Bertz CT molecular complexity index is 296. The number of para-hydroxylation sites is 1. The lowest BCUT2D eigenvalue weighted by atomic mass is 10.2. The quantitative estimate of drug-likeness (QED) is 0.562. The highest BCUT2D eigenvalue weighted by atomic mass is 16.9. The molecule has 1 aliphatic heterocycles. The molecule has 0 fully saturated rings. The van der Waals surface area contributed by atoms with E-state index in [4.69, 9.17) is 4.84 Å². The Morgan fingerprint density at radius 3 is 3.00 bits per heavy atom. The van der Waals surface area contributed by atoms with Crippen LogP contribution in [0.3, 0.4) is 0 Å². The number of rotatable bonds is 0. The number of benzene rings is 1. The number of hydrogen-bond acceptors (Lipinski definition) is 3. The summed E-state index contributed by atoms with van der Waals surface area (Å²) in [6.45, 7) is 0. The highest BCUT2D eigenvalue weighted by Gasteiger charge is 2.03. The van der Waals surface area contributed by atoms with E-state index >= 15 is 0 Å². The molecule has 0 saturated carbocycles. The van der Waals surface area contributed by atoms with Gasteiger partial charge in [-0.25, -0.2) is 0 Å². The van der Waals surface area contributed by atoms with Crippen molar-refractivity contribution in [3.05, 3.63) is 41.2 Å². The summed E-state index contributed by atoms with van der Waals surface area (Å²) in [5, 5.41) is 11.1. The van der Waals surface area contributed by atoms with Crippen LogP contribution in [0.2, 0.25) is 0 Å². The zero-order valence-corrected chi connectivity index (χ0v) is 5.73. The normalized spacial score (nSPS) is 14.1. The summed E-state index contributed by atoms with van der Waals surface area (Å²) in [7, 11) is 0. The van der Waals surface area contributed by atoms with E-state index in [0.29, 0.717) is 11.0 Å². The minimum absolute atomic E-state index is 0.433. The van der Waals surface area contributed by atoms with Crippen LogP contribution in [-0.2, 0) is 0 Å². The van der Waals surface area contributed by atoms with E-state index in [1.54, 1.807) is 12.1 Å². The molecular weight excluding hydrogens is 142 g/mol. The first-order chi connectivity index (χ1) is 5.36. The molecule has 0 unspecified atom stereocenters. The fourth-order valence-corrected chi connectivity index (χ4v) is 0.970. The molecule has 0 atom stereocenters. The molecule has 0 bridgehead atoms. The van der Waals surface area contributed by atoms with Gasteiger partial charge in [-0.2, -0.15) is 0 Å². The second kappa shape index (κ2) is 2.29. The first-order valence-electron chi connectivity index (χ1n) is 3.28. The molecule has 0 N–H and O–H groups in total. The molecule has 0 saturated heterocycles. The van der Waals surface area contributed by atoms with E-state index in [2.05, 4.69) is 0 Å². The van der Waals surface area contributed by atoms with Gasteiger partial charge in [0.05, 0.1) is 0 Å². The minimum Gasteiger partial charge on any atom is -0.724 e. The average molecular weight is 148 g/mol. The van der Waals surface area contributed by atoms with Gasteiger partial charge in [-0.1, -0.05) is 18.2 Å². The van der Waals surface area contributed by atoms with Crippen LogP contribution < -0.4 is 4.84 Å². The number of fused-ring (bicyclic) bond motifs is 1. The Hall–Kier alpha value is -1.48. The molecule has 1 heterocycles. The van der Waals surface area contributed by atoms with Crippen LogP contribution in [0.25, 0.3) is 6.08 Å². The highest BCUT2D eigenvalue weighted by Crippen LogP contribution is 2.23. The van der Waals surface area contributed by atoms with E-state index < -0.39 is 0 Å². The van der Waals surface area contributed by atoms with Gasteiger partial charge in [-0.05, 0) is 12.1 Å². The molecule has 1 aromatic carbocycles. The smallest absolute Gasteiger partial charge is 0.161 e. The maximum Gasteiger partial charge on any atom is 0.161 e. The lowest BCUT2D eigenvalue weighted by molar-refractivity contribution is 0.0435. The van der Waals surface area contributed by atoms with Crippen LogP contribution in [0.5, 0.6) is 5.75 Å². The van der Waals surface area contributed by atoms with Crippen molar-refractivity contribution in [3.63, 3.8) is 0 Å². The highest BCUT2D eigenvalue weighted by molar-refractivity contribution is 5.58. The number of hydrogen-bond donors (Lipinski definition) is 0. The SMILES string of the molecule is [O-]N1C=Cc2ccccc2O1. The molecule has 0 amide bonds. The van der Waals surface area contributed by atoms with Crippen LogP contribution >= 0.6 is 0 Å². The number of hydroxylamine groups is 2. The monoisotopic (exact) mass is 148 g/mol. The maximum absolute atomic E-state index is 10.6. The van der Waals surface area contributed by atoms with Crippen LogP contribution in [0, 0.1) is 5.21 Å². The lowest BCUT2D eigenvalue weighted by Crippen LogP contribution is -2.16. The van der Waals surface area contributed by atoms with Crippen molar-refractivity contribution in [1.29, 1.82) is 0 Å². The van der Waals surface area contributed by atoms with Gasteiger partial charge in [0.1, 0.15) is 0 Å². The summed E-state index contributed by atoms with van der Waals surface area (Å²) < 4.78 is 0. The third-order valence-corrected chi connectivity index (χ3v) is 1.48. The van der Waals surface area contributed by atoms with Gasteiger partial charge in [0.2, 0.25) is 0 Å². The Kier molecular flexibility index (Phi) is 1.30. The van der Waals surface area contributed by atoms with Crippen molar-refractivity contribution in [2.75, 3.05) is 0 Å². The van der Waals surface area contributed by atoms with Crippen LogP contribution in [0.15, 0.2) is 30.5 Å². The lowest BCUT2D eigenvalue weighted by Gasteiger charge is -2.28. The summed E-state index contributed by atoms with van der Waals surface area (Å²) in [5.41, 5.74) is 0.930.